The van der Waals surface area contributed by atoms with Crippen LogP contribution in [-0.2, 0) is 16.1 Å². The maximum Gasteiger partial charge on any atom is 0.296 e. The Balaban J connectivity index is 1.88. The van der Waals surface area contributed by atoms with Gasteiger partial charge in [0.15, 0.2) is 0 Å². The van der Waals surface area contributed by atoms with Crippen molar-refractivity contribution in [3.63, 3.8) is 0 Å². The van der Waals surface area contributed by atoms with Gasteiger partial charge in [0.25, 0.3) is 11.7 Å². The summed E-state index contributed by atoms with van der Waals surface area (Å²) < 4.78 is 10.5. The van der Waals surface area contributed by atoms with E-state index in [1.54, 1.807) is 48.5 Å². The largest absolute Gasteiger partial charge is 0.507 e. The fourth-order valence-corrected chi connectivity index (χ4v) is 4.08. The van der Waals surface area contributed by atoms with E-state index in [0.717, 1.165) is 0 Å². The number of halogens is 2. The lowest BCUT2D eigenvalue weighted by molar-refractivity contribution is -0.140. The van der Waals surface area contributed by atoms with Gasteiger partial charge in [0.1, 0.15) is 17.3 Å². The van der Waals surface area contributed by atoms with Crippen LogP contribution in [0.3, 0.4) is 0 Å². The molecule has 4 rings (SSSR count). The Bertz CT molecular complexity index is 1170. The molecule has 0 spiro atoms. The second kappa shape index (κ2) is 8.49. The van der Waals surface area contributed by atoms with Crippen molar-refractivity contribution in [2.24, 2.45) is 0 Å². The number of carbonyl (C=O) groups is 2. The Morgan fingerprint density at radius 2 is 1.87 bits per heavy atom. The molecule has 1 aliphatic rings. The van der Waals surface area contributed by atoms with E-state index < -0.39 is 17.7 Å². The molecule has 0 saturated carbocycles. The number of aliphatic hydroxyl groups is 1. The molecular formula is C23H17Cl2NO5. The van der Waals surface area contributed by atoms with Crippen LogP contribution in [-0.4, -0.2) is 28.8 Å². The topological polar surface area (TPSA) is 80.0 Å². The molecule has 8 heteroatoms. The molecule has 0 unspecified atom stereocenters. The highest BCUT2D eigenvalue weighted by Gasteiger charge is 2.47. The molecule has 1 N–H and O–H groups in total. The normalized spacial score (nSPS) is 17.9. The fourth-order valence-electron chi connectivity index (χ4n) is 3.56. The van der Waals surface area contributed by atoms with Crippen LogP contribution in [0, 0.1) is 0 Å². The van der Waals surface area contributed by atoms with Crippen molar-refractivity contribution in [1.29, 1.82) is 0 Å². The quantitative estimate of drug-likeness (QED) is 0.322. The number of ether oxygens (including phenoxy) is 1. The van der Waals surface area contributed by atoms with Crippen molar-refractivity contribution in [2.45, 2.75) is 12.6 Å². The molecule has 31 heavy (non-hydrogen) atoms. The van der Waals surface area contributed by atoms with E-state index in [2.05, 4.69) is 0 Å². The van der Waals surface area contributed by atoms with Crippen LogP contribution in [0.2, 0.25) is 10.0 Å². The molecule has 1 fully saturated rings. The summed E-state index contributed by atoms with van der Waals surface area (Å²) in [5.41, 5.74) is 0.768. The number of rotatable bonds is 5. The Morgan fingerprint density at radius 1 is 1.13 bits per heavy atom. The lowest BCUT2D eigenvalue weighted by Gasteiger charge is -2.25. The summed E-state index contributed by atoms with van der Waals surface area (Å²) in [4.78, 5) is 27.3. The maximum atomic E-state index is 13.0. The predicted octanol–water partition coefficient (Wildman–Crippen LogP) is 5.22. The molecule has 158 valence electrons. The highest BCUT2D eigenvalue weighted by atomic mass is 35.5. The minimum Gasteiger partial charge on any atom is -0.507 e. The first-order valence-electron chi connectivity index (χ1n) is 9.31. The van der Waals surface area contributed by atoms with Crippen molar-refractivity contribution in [3.05, 3.63) is 93.4 Å². The predicted molar refractivity (Wildman–Crippen MR) is 116 cm³/mol. The molecule has 1 aliphatic heterocycles. The average Bonchev–Trinajstić information content (AvgIpc) is 3.36. The van der Waals surface area contributed by atoms with Gasteiger partial charge >= 0.3 is 0 Å². The van der Waals surface area contributed by atoms with Crippen LogP contribution in [0.5, 0.6) is 5.75 Å². The van der Waals surface area contributed by atoms with Gasteiger partial charge in [-0.05, 0) is 54.1 Å². The molecule has 1 aromatic heterocycles. The number of nitrogens with zero attached hydrogens (tertiary/aromatic N) is 1. The zero-order valence-corrected chi connectivity index (χ0v) is 17.9. The second-order valence-corrected chi connectivity index (χ2v) is 7.74. The summed E-state index contributed by atoms with van der Waals surface area (Å²) in [7, 11) is 1.53. The highest BCUT2D eigenvalue weighted by molar-refractivity contribution is 6.47. The minimum atomic E-state index is -0.919. The molecular weight excluding hydrogens is 441 g/mol. The second-order valence-electron chi connectivity index (χ2n) is 6.90. The Morgan fingerprint density at radius 3 is 2.48 bits per heavy atom. The van der Waals surface area contributed by atoms with Gasteiger partial charge in [0.2, 0.25) is 0 Å². The van der Waals surface area contributed by atoms with Crippen LogP contribution >= 0.6 is 23.2 Å². The van der Waals surface area contributed by atoms with Gasteiger partial charge in [-0.3, -0.25) is 9.59 Å². The smallest absolute Gasteiger partial charge is 0.296 e. The Labute approximate surface area is 188 Å². The Hall–Kier alpha value is -3.22. The third-order valence-electron chi connectivity index (χ3n) is 5.07. The van der Waals surface area contributed by atoms with Crippen LogP contribution in [0.15, 0.2) is 70.9 Å². The number of methoxy groups -OCH3 is 1. The Kier molecular flexibility index (Phi) is 5.76. The number of hydrogen-bond acceptors (Lipinski definition) is 5. The summed E-state index contributed by atoms with van der Waals surface area (Å²) in [6, 6.07) is 13.8. The van der Waals surface area contributed by atoms with Gasteiger partial charge in [-0.1, -0.05) is 29.3 Å². The van der Waals surface area contributed by atoms with E-state index in [9.17, 15) is 14.7 Å². The number of benzene rings is 2. The van der Waals surface area contributed by atoms with E-state index in [1.165, 1.54) is 24.3 Å². The number of likely N-dealkylation sites (tertiary alicyclic amines) is 1. The number of furan rings is 1. The SMILES string of the molecule is COc1ccc(/C(O)=C2\C(=O)C(=O)N(Cc3ccco3)[C@@H]2c2ccc(Cl)cc2Cl)cc1. The van der Waals surface area contributed by atoms with Crippen molar-refractivity contribution in [1.82, 2.24) is 4.90 Å². The first kappa shape index (κ1) is 21.0. The third-order valence-corrected chi connectivity index (χ3v) is 5.63. The summed E-state index contributed by atoms with van der Waals surface area (Å²) >= 11 is 12.5. The zero-order chi connectivity index (χ0) is 22.1. The number of ketones is 1. The molecule has 1 saturated heterocycles. The van der Waals surface area contributed by atoms with E-state index in [4.69, 9.17) is 32.4 Å². The van der Waals surface area contributed by atoms with E-state index in [0.29, 0.717) is 27.7 Å². The lowest BCUT2D eigenvalue weighted by Crippen LogP contribution is -2.29. The third kappa shape index (κ3) is 3.92. The van der Waals surface area contributed by atoms with Crippen LogP contribution in [0.1, 0.15) is 22.9 Å². The molecule has 6 nitrogen and oxygen atoms in total. The standard InChI is InChI=1S/C23H17Cl2NO5/c1-30-15-7-4-13(5-8-15)21(27)19-20(17-9-6-14(24)11-18(17)25)26(23(29)22(19)28)12-16-3-2-10-31-16/h2-11,20,27H,12H2,1H3/b21-19+/t20-/m1/s1. The summed E-state index contributed by atoms with van der Waals surface area (Å²) in [5.74, 6) is -0.800. The van der Waals surface area contributed by atoms with Crippen LogP contribution in [0.25, 0.3) is 5.76 Å². The average molecular weight is 458 g/mol. The molecule has 0 radical (unpaired) electrons. The number of amides is 1. The number of aliphatic hydroxyl groups excluding tert-OH is 1. The summed E-state index contributed by atoms with van der Waals surface area (Å²) in [6.07, 6.45) is 1.48. The monoisotopic (exact) mass is 457 g/mol. The first-order chi connectivity index (χ1) is 14.9. The van der Waals surface area contributed by atoms with E-state index in [1.807, 2.05) is 0 Å². The van der Waals surface area contributed by atoms with E-state index in [-0.39, 0.29) is 22.9 Å². The van der Waals surface area contributed by atoms with Crippen molar-refractivity contribution in [3.8, 4) is 5.75 Å². The van der Waals surface area contributed by atoms with Crippen molar-refractivity contribution >= 4 is 40.7 Å². The van der Waals surface area contributed by atoms with Gasteiger partial charge < -0.3 is 19.2 Å². The summed E-state index contributed by atoms with van der Waals surface area (Å²) in [6.45, 7) is 0.0284. The molecule has 0 aliphatic carbocycles. The number of carbonyl (C=O) groups excluding carboxylic acids is 2. The molecule has 0 bridgehead atoms. The van der Waals surface area contributed by atoms with E-state index >= 15 is 0 Å². The van der Waals surface area contributed by atoms with Crippen LogP contribution in [0.4, 0.5) is 0 Å². The van der Waals surface area contributed by atoms with Gasteiger partial charge in [0.05, 0.1) is 31.5 Å². The van der Waals surface area contributed by atoms with Crippen molar-refractivity contribution in [2.75, 3.05) is 7.11 Å². The maximum absolute atomic E-state index is 13.0. The van der Waals surface area contributed by atoms with Crippen molar-refractivity contribution < 1.29 is 23.8 Å². The lowest BCUT2D eigenvalue weighted by atomic mass is 9.95. The van der Waals surface area contributed by atoms with Crippen LogP contribution < -0.4 is 4.74 Å². The number of Topliss-reactive ketones (excluding diaryl/α,β-unsaturated/α-hetero) is 1. The molecule has 2 aromatic carbocycles. The first-order valence-corrected chi connectivity index (χ1v) is 10.1. The molecule has 1 atom stereocenters. The van der Waals surface area contributed by atoms with Gasteiger partial charge in [-0.25, -0.2) is 0 Å². The van der Waals surface area contributed by atoms with Gasteiger partial charge in [-0.2, -0.15) is 0 Å². The van der Waals surface area contributed by atoms with Gasteiger partial charge in [0, 0.05) is 15.6 Å². The number of hydrogen-bond donors (Lipinski definition) is 1. The highest BCUT2D eigenvalue weighted by Crippen LogP contribution is 2.43. The zero-order valence-electron chi connectivity index (χ0n) is 16.3. The minimum absolute atomic E-state index is 0.0284. The molecule has 3 aromatic rings. The fraction of sp³-hybridized carbons (Fsp3) is 0.130. The van der Waals surface area contributed by atoms with Gasteiger partial charge in [-0.15, -0.1) is 0 Å². The summed E-state index contributed by atoms with van der Waals surface area (Å²) in [5, 5.41) is 11.7. The molecule has 1 amide bonds. The molecule has 2 heterocycles.